The number of hydrogen-bond donors (Lipinski definition) is 1. The van der Waals surface area contributed by atoms with Gasteiger partial charge < -0.3 is 10.6 Å². The first-order valence-corrected chi connectivity index (χ1v) is 3.90. The molecule has 0 bridgehead atoms. The minimum atomic E-state index is 0.392. The summed E-state index contributed by atoms with van der Waals surface area (Å²) >= 11 is 0. The molecule has 0 saturated carbocycles. The molecule has 1 rings (SSSR count). The Morgan fingerprint density at radius 3 is 2.85 bits per heavy atom. The van der Waals surface area contributed by atoms with E-state index in [0.717, 1.165) is 0 Å². The highest BCUT2D eigenvalue weighted by molar-refractivity contribution is 5.56. The van der Waals surface area contributed by atoms with Crippen LogP contribution in [0.2, 0.25) is 0 Å². The lowest BCUT2D eigenvalue weighted by Gasteiger charge is -2.16. The van der Waals surface area contributed by atoms with Crippen LogP contribution in [0.1, 0.15) is 6.42 Å². The maximum absolute atomic E-state index is 8.39. The standard InChI is InChI=1S/C8H11N5/c1-13(6-2-3-9)8-7(10)11-4-5-12-8/h4-5H,2,6H2,1H3,(H2,10,11). The molecule has 5 nitrogen and oxygen atoms in total. The molecule has 0 aromatic carbocycles. The van der Waals surface area contributed by atoms with E-state index in [0.29, 0.717) is 24.6 Å². The van der Waals surface area contributed by atoms with Crippen molar-refractivity contribution < 1.29 is 0 Å². The largest absolute Gasteiger partial charge is 0.381 e. The molecule has 13 heavy (non-hydrogen) atoms. The van der Waals surface area contributed by atoms with Crippen LogP contribution < -0.4 is 10.6 Å². The Morgan fingerprint density at radius 1 is 1.54 bits per heavy atom. The molecule has 0 unspecified atom stereocenters. The SMILES string of the molecule is CN(CCC#N)c1nccnc1N. The fourth-order valence-electron chi connectivity index (χ4n) is 0.959. The molecule has 0 aliphatic carbocycles. The fraction of sp³-hybridized carbons (Fsp3) is 0.375. The molecule has 5 heteroatoms. The monoisotopic (exact) mass is 177 g/mol. The van der Waals surface area contributed by atoms with Crippen molar-refractivity contribution in [1.29, 1.82) is 5.26 Å². The molecule has 0 spiro atoms. The molecule has 0 radical (unpaired) electrons. The Labute approximate surface area is 76.8 Å². The second-order valence-electron chi connectivity index (χ2n) is 2.59. The molecule has 1 heterocycles. The van der Waals surface area contributed by atoms with Gasteiger partial charge in [0.05, 0.1) is 12.5 Å². The predicted molar refractivity (Wildman–Crippen MR) is 49.9 cm³/mol. The van der Waals surface area contributed by atoms with Crippen LogP contribution in [0.15, 0.2) is 12.4 Å². The molecule has 68 valence electrons. The van der Waals surface area contributed by atoms with E-state index < -0.39 is 0 Å². The molecule has 2 N–H and O–H groups in total. The van der Waals surface area contributed by atoms with Crippen LogP contribution in [-0.4, -0.2) is 23.6 Å². The summed E-state index contributed by atoms with van der Waals surface area (Å²) in [5.41, 5.74) is 5.60. The zero-order valence-electron chi connectivity index (χ0n) is 7.44. The minimum Gasteiger partial charge on any atom is -0.381 e. The maximum atomic E-state index is 8.39. The van der Waals surface area contributed by atoms with Gasteiger partial charge in [-0.05, 0) is 0 Å². The second-order valence-corrected chi connectivity index (χ2v) is 2.59. The van der Waals surface area contributed by atoms with Gasteiger partial charge in [0.1, 0.15) is 0 Å². The Bertz CT molecular complexity index is 317. The van der Waals surface area contributed by atoms with Crippen LogP contribution in [0, 0.1) is 11.3 Å². The first kappa shape index (κ1) is 9.26. The van der Waals surface area contributed by atoms with Crippen molar-refractivity contribution >= 4 is 11.6 Å². The molecule has 0 amide bonds. The van der Waals surface area contributed by atoms with Crippen molar-refractivity contribution in [2.24, 2.45) is 0 Å². The molecular formula is C8H11N5. The lowest BCUT2D eigenvalue weighted by atomic mass is 10.4. The molecule has 0 saturated heterocycles. The Kier molecular flexibility index (Phi) is 3.03. The smallest absolute Gasteiger partial charge is 0.171 e. The van der Waals surface area contributed by atoms with E-state index in [-0.39, 0.29) is 0 Å². The predicted octanol–water partition coefficient (Wildman–Crippen LogP) is 0.409. The van der Waals surface area contributed by atoms with E-state index in [2.05, 4.69) is 16.0 Å². The number of nitrogens with two attached hydrogens (primary N) is 1. The van der Waals surface area contributed by atoms with Gasteiger partial charge in [-0.1, -0.05) is 0 Å². The summed E-state index contributed by atoms with van der Waals surface area (Å²) in [5, 5.41) is 8.39. The van der Waals surface area contributed by atoms with Gasteiger partial charge in [-0.2, -0.15) is 5.26 Å². The van der Waals surface area contributed by atoms with Gasteiger partial charge in [0, 0.05) is 26.0 Å². The van der Waals surface area contributed by atoms with Gasteiger partial charge in [0.15, 0.2) is 11.6 Å². The molecular weight excluding hydrogens is 166 g/mol. The Morgan fingerprint density at radius 2 is 2.23 bits per heavy atom. The van der Waals surface area contributed by atoms with Crippen molar-refractivity contribution in [3.05, 3.63) is 12.4 Å². The molecule has 1 aromatic rings. The summed E-state index contributed by atoms with van der Waals surface area (Å²) in [4.78, 5) is 9.77. The van der Waals surface area contributed by atoms with E-state index in [4.69, 9.17) is 11.0 Å². The van der Waals surface area contributed by atoms with E-state index in [1.54, 1.807) is 6.20 Å². The topological polar surface area (TPSA) is 78.8 Å². The fourth-order valence-corrected chi connectivity index (χ4v) is 0.959. The van der Waals surface area contributed by atoms with Crippen molar-refractivity contribution in [3.63, 3.8) is 0 Å². The molecule has 0 aliphatic rings. The highest BCUT2D eigenvalue weighted by Gasteiger charge is 2.05. The van der Waals surface area contributed by atoms with Crippen LogP contribution in [-0.2, 0) is 0 Å². The summed E-state index contributed by atoms with van der Waals surface area (Å²) in [7, 11) is 1.83. The number of anilines is 2. The van der Waals surface area contributed by atoms with Gasteiger partial charge in [-0.3, -0.25) is 0 Å². The molecule has 0 aliphatic heterocycles. The van der Waals surface area contributed by atoms with Gasteiger partial charge in [-0.15, -0.1) is 0 Å². The number of rotatable bonds is 3. The summed E-state index contributed by atoms with van der Waals surface area (Å²) in [6, 6.07) is 2.06. The van der Waals surface area contributed by atoms with Crippen molar-refractivity contribution in [2.75, 3.05) is 24.2 Å². The van der Waals surface area contributed by atoms with Crippen molar-refractivity contribution in [2.45, 2.75) is 6.42 Å². The number of aromatic nitrogens is 2. The van der Waals surface area contributed by atoms with Crippen LogP contribution in [0.4, 0.5) is 11.6 Å². The van der Waals surface area contributed by atoms with Crippen LogP contribution >= 0.6 is 0 Å². The third-order valence-electron chi connectivity index (χ3n) is 1.63. The highest BCUT2D eigenvalue weighted by atomic mass is 15.2. The van der Waals surface area contributed by atoms with Crippen LogP contribution in [0.3, 0.4) is 0 Å². The lowest BCUT2D eigenvalue weighted by Crippen LogP contribution is -2.21. The van der Waals surface area contributed by atoms with Gasteiger partial charge in [-0.25, -0.2) is 9.97 Å². The second kappa shape index (κ2) is 4.26. The van der Waals surface area contributed by atoms with Crippen LogP contribution in [0.25, 0.3) is 0 Å². The van der Waals surface area contributed by atoms with Crippen molar-refractivity contribution in [3.8, 4) is 6.07 Å². The first-order chi connectivity index (χ1) is 6.25. The molecule has 0 fully saturated rings. The molecule has 0 atom stereocenters. The van der Waals surface area contributed by atoms with E-state index in [1.165, 1.54) is 6.20 Å². The Balaban J connectivity index is 2.72. The summed E-state index contributed by atoms with van der Waals surface area (Å²) in [6.45, 7) is 0.611. The Hall–Kier alpha value is -1.83. The van der Waals surface area contributed by atoms with Gasteiger partial charge in [0.2, 0.25) is 0 Å². The zero-order valence-corrected chi connectivity index (χ0v) is 7.44. The number of nitriles is 1. The average Bonchev–Trinajstić information content (AvgIpc) is 2.15. The normalized spacial score (nSPS) is 9.23. The van der Waals surface area contributed by atoms with Crippen molar-refractivity contribution in [1.82, 2.24) is 9.97 Å². The third-order valence-corrected chi connectivity index (χ3v) is 1.63. The van der Waals surface area contributed by atoms with E-state index >= 15 is 0 Å². The number of hydrogen-bond acceptors (Lipinski definition) is 5. The summed E-state index contributed by atoms with van der Waals surface area (Å²) in [6.07, 6.45) is 3.57. The first-order valence-electron chi connectivity index (χ1n) is 3.90. The van der Waals surface area contributed by atoms with E-state index in [1.807, 2.05) is 11.9 Å². The molecule has 1 aromatic heterocycles. The zero-order chi connectivity index (χ0) is 9.68. The quantitative estimate of drug-likeness (QED) is 0.723. The summed E-state index contributed by atoms with van der Waals surface area (Å²) in [5.74, 6) is 1.01. The van der Waals surface area contributed by atoms with Crippen LogP contribution in [0.5, 0.6) is 0 Å². The lowest BCUT2D eigenvalue weighted by molar-refractivity contribution is 0.881. The summed E-state index contributed by atoms with van der Waals surface area (Å²) < 4.78 is 0. The minimum absolute atomic E-state index is 0.392. The average molecular weight is 177 g/mol. The highest BCUT2D eigenvalue weighted by Crippen LogP contribution is 2.14. The third kappa shape index (κ3) is 2.30. The van der Waals surface area contributed by atoms with Gasteiger partial charge >= 0.3 is 0 Å². The maximum Gasteiger partial charge on any atom is 0.171 e. The number of nitrogens with zero attached hydrogens (tertiary/aromatic N) is 4. The van der Waals surface area contributed by atoms with Gasteiger partial charge in [0.25, 0.3) is 0 Å². The van der Waals surface area contributed by atoms with E-state index in [9.17, 15) is 0 Å². The number of nitrogen functional groups attached to an aromatic ring is 1.